The van der Waals surface area contributed by atoms with E-state index in [1.165, 1.54) is 5.56 Å². The maximum atomic E-state index is 12.0. The Morgan fingerprint density at radius 3 is 2.89 bits per heavy atom. The minimum absolute atomic E-state index is 0. The number of rotatable bonds is 6. The van der Waals surface area contributed by atoms with Gasteiger partial charge in [-0.05, 0) is 25.0 Å². The van der Waals surface area contributed by atoms with Gasteiger partial charge in [-0.25, -0.2) is 9.98 Å². The zero-order valence-electron chi connectivity index (χ0n) is 15.6. The Morgan fingerprint density at radius 1 is 1.33 bits per heavy atom. The highest BCUT2D eigenvalue weighted by molar-refractivity contribution is 14.0. The molecule has 8 heteroatoms. The van der Waals surface area contributed by atoms with Crippen LogP contribution >= 0.6 is 35.3 Å². The first-order valence-corrected chi connectivity index (χ1v) is 9.91. The Balaban J connectivity index is 0.00000261. The minimum Gasteiger partial charge on any atom is -0.357 e. The number of aryl methyl sites for hydroxylation is 1. The monoisotopic (exact) mass is 499 g/mol. The molecule has 1 aliphatic heterocycles. The van der Waals surface area contributed by atoms with Gasteiger partial charge in [0.15, 0.2) is 5.96 Å². The standard InChI is InChI=1S/C19H25N5OS.HI/c1-3-18-23-14(12-26-18)11-22-19(20-4-2)21-10-13-9-17(25)24-16-8-6-5-7-15(13)16;/h5-8,12-13H,3-4,9-11H2,1-2H3,(H,24,25)(H2,20,21,22);1H. The van der Waals surface area contributed by atoms with Crippen molar-refractivity contribution < 1.29 is 4.79 Å². The predicted molar refractivity (Wildman–Crippen MR) is 122 cm³/mol. The van der Waals surface area contributed by atoms with Gasteiger partial charge in [-0.15, -0.1) is 35.3 Å². The fraction of sp³-hybridized carbons (Fsp3) is 0.421. The van der Waals surface area contributed by atoms with E-state index < -0.39 is 0 Å². The molecule has 1 aromatic heterocycles. The number of thiazole rings is 1. The molecule has 0 radical (unpaired) electrons. The molecule has 1 atom stereocenters. The molecule has 27 heavy (non-hydrogen) atoms. The second-order valence-corrected chi connectivity index (χ2v) is 7.14. The number of benzene rings is 1. The molecule has 1 aliphatic rings. The van der Waals surface area contributed by atoms with Gasteiger partial charge < -0.3 is 16.0 Å². The fourth-order valence-electron chi connectivity index (χ4n) is 2.99. The number of carbonyl (C=O) groups is 1. The summed E-state index contributed by atoms with van der Waals surface area (Å²) in [6.07, 6.45) is 1.44. The first-order chi connectivity index (χ1) is 12.7. The molecule has 146 valence electrons. The van der Waals surface area contributed by atoms with Gasteiger partial charge in [0.05, 0.1) is 17.2 Å². The van der Waals surface area contributed by atoms with E-state index in [4.69, 9.17) is 0 Å². The number of para-hydroxylation sites is 1. The van der Waals surface area contributed by atoms with Gasteiger partial charge in [-0.2, -0.15) is 0 Å². The number of nitrogens with zero attached hydrogens (tertiary/aromatic N) is 2. The highest BCUT2D eigenvalue weighted by Crippen LogP contribution is 2.31. The van der Waals surface area contributed by atoms with E-state index in [2.05, 4.69) is 44.3 Å². The molecule has 1 aromatic carbocycles. The maximum absolute atomic E-state index is 12.0. The van der Waals surface area contributed by atoms with E-state index >= 15 is 0 Å². The Labute approximate surface area is 181 Å². The zero-order valence-corrected chi connectivity index (χ0v) is 18.8. The predicted octanol–water partition coefficient (Wildman–Crippen LogP) is 3.50. The summed E-state index contributed by atoms with van der Waals surface area (Å²) in [6, 6.07) is 7.98. The molecular formula is C19H26IN5OS. The second-order valence-electron chi connectivity index (χ2n) is 6.20. The number of hydrogen-bond acceptors (Lipinski definition) is 4. The Hall–Kier alpha value is -1.68. The number of aliphatic imine (C=N–C) groups is 1. The topological polar surface area (TPSA) is 78.4 Å². The highest BCUT2D eigenvalue weighted by atomic mass is 127. The fourth-order valence-corrected chi connectivity index (χ4v) is 3.73. The Bertz CT molecular complexity index is 792. The Morgan fingerprint density at radius 2 is 2.15 bits per heavy atom. The molecule has 2 heterocycles. The van der Waals surface area contributed by atoms with Crippen LogP contribution in [-0.4, -0.2) is 29.9 Å². The first kappa shape index (κ1) is 21.6. The molecule has 3 rings (SSSR count). The third-order valence-corrected chi connectivity index (χ3v) is 5.31. The van der Waals surface area contributed by atoms with Crippen LogP contribution in [-0.2, 0) is 17.8 Å². The zero-order chi connectivity index (χ0) is 18.4. The number of guanidine groups is 1. The number of fused-ring (bicyclic) bond motifs is 1. The molecule has 0 fully saturated rings. The van der Waals surface area contributed by atoms with E-state index in [1.54, 1.807) is 11.3 Å². The van der Waals surface area contributed by atoms with Gasteiger partial charge in [-0.3, -0.25) is 4.79 Å². The third kappa shape index (κ3) is 5.90. The lowest BCUT2D eigenvalue weighted by atomic mass is 9.90. The molecule has 0 spiro atoms. The number of anilines is 1. The van der Waals surface area contributed by atoms with Crippen molar-refractivity contribution in [2.75, 3.05) is 18.4 Å². The van der Waals surface area contributed by atoms with Crippen molar-refractivity contribution in [1.29, 1.82) is 0 Å². The van der Waals surface area contributed by atoms with Crippen molar-refractivity contribution in [3.63, 3.8) is 0 Å². The maximum Gasteiger partial charge on any atom is 0.225 e. The van der Waals surface area contributed by atoms with Crippen LogP contribution in [0.5, 0.6) is 0 Å². The second kappa shape index (κ2) is 10.6. The van der Waals surface area contributed by atoms with E-state index in [1.807, 2.05) is 25.1 Å². The summed E-state index contributed by atoms with van der Waals surface area (Å²) >= 11 is 1.68. The van der Waals surface area contributed by atoms with Crippen molar-refractivity contribution in [3.05, 3.63) is 45.9 Å². The third-order valence-electron chi connectivity index (χ3n) is 4.27. The lowest BCUT2D eigenvalue weighted by molar-refractivity contribution is -0.116. The molecule has 0 saturated carbocycles. The molecule has 6 nitrogen and oxygen atoms in total. The van der Waals surface area contributed by atoms with Crippen molar-refractivity contribution >= 4 is 52.9 Å². The number of halogens is 1. The Kier molecular flexibility index (Phi) is 8.49. The minimum atomic E-state index is 0. The van der Waals surface area contributed by atoms with E-state index in [0.29, 0.717) is 19.5 Å². The molecule has 0 aliphatic carbocycles. The number of nitrogens with one attached hydrogen (secondary N) is 3. The van der Waals surface area contributed by atoms with Crippen molar-refractivity contribution in [3.8, 4) is 0 Å². The SMILES string of the molecule is CCNC(=NCc1csc(CC)n1)NCC1CC(=O)Nc2ccccc21.I. The van der Waals surface area contributed by atoms with E-state index in [-0.39, 0.29) is 35.8 Å². The van der Waals surface area contributed by atoms with Gasteiger partial charge in [0.25, 0.3) is 0 Å². The van der Waals surface area contributed by atoms with Crippen LogP contribution in [0.2, 0.25) is 0 Å². The van der Waals surface area contributed by atoms with Crippen LogP contribution in [0.15, 0.2) is 34.6 Å². The molecule has 1 unspecified atom stereocenters. The molecule has 3 N–H and O–H groups in total. The van der Waals surface area contributed by atoms with Crippen LogP contribution in [0.3, 0.4) is 0 Å². The van der Waals surface area contributed by atoms with Crippen molar-refractivity contribution in [2.45, 2.75) is 39.2 Å². The molecule has 2 aromatic rings. The quantitative estimate of drug-likeness (QED) is 0.323. The van der Waals surface area contributed by atoms with Crippen LogP contribution in [0.4, 0.5) is 5.69 Å². The van der Waals surface area contributed by atoms with Gasteiger partial charge in [-0.1, -0.05) is 25.1 Å². The molecule has 0 saturated heterocycles. The smallest absolute Gasteiger partial charge is 0.225 e. The summed E-state index contributed by atoms with van der Waals surface area (Å²) < 4.78 is 0. The molecule has 0 bridgehead atoms. The number of aromatic nitrogens is 1. The van der Waals surface area contributed by atoms with Crippen LogP contribution < -0.4 is 16.0 Å². The van der Waals surface area contributed by atoms with E-state index in [0.717, 1.165) is 35.3 Å². The van der Waals surface area contributed by atoms with Crippen LogP contribution in [0.25, 0.3) is 0 Å². The van der Waals surface area contributed by atoms with Crippen molar-refractivity contribution in [1.82, 2.24) is 15.6 Å². The average Bonchev–Trinajstić information content (AvgIpc) is 3.11. The highest BCUT2D eigenvalue weighted by Gasteiger charge is 2.24. The van der Waals surface area contributed by atoms with Gasteiger partial charge in [0, 0.05) is 36.5 Å². The van der Waals surface area contributed by atoms with Crippen LogP contribution in [0.1, 0.15) is 42.5 Å². The summed E-state index contributed by atoms with van der Waals surface area (Å²) in [5.41, 5.74) is 3.07. The summed E-state index contributed by atoms with van der Waals surface area (Å²) in [5.74, 6) is 0.948. The normalized spacial score (nSPS) is 16.1. The van der Waals surface area contributed by atoms with Gasteiger partial charge >= 0.3 is 0 Å². The summed E-state index contributed by atoms with van der Waals surface area (Å²) in [5, 5.41) is 12.8. The van der Waals surface area contributed by atoms with Gasteiger partial charge in [0.2, 0.25) is 5.91 Å². The van der Waals surface area contributed by atoms with E-state index in [9.17, 15) is 4.79 Å². The number of hydrogen-bond donors (Lipinski definition) is 3. The summed E-state index contributed by atoms with van der Waals surface area (Å²) in [7, 11) is 0. The van der Waals surface area contributed by atoms with Crippen LogP contribution in [0, 0.1) is 0 Å². The summed E-state index contributed by atoms with van der Waals surface area (Å²) in [4.78, 5) is 21.1. The summed E-state index contributed by atoms with van der Waals surface area (Å²) in [6.45, 7) is 6.14. The largest absolute Gasteiger partial charge is 0.357 e. The molecule has 1 amide bonds. The van der Waals surface area contributed by atoms with Gasteiger partial charge in [0.1, 0.15) is 0 Å². The average molecular weight is 499 g/mol. The lowest BCUT2D eigenvalue weighted by Crippen LogP contribution is -2.40. The number of carbonyl (C=O) groups excluding carboxylic acids is 1. The lowest BCUT2D eigenvalue weighted by Gasteiger charge is -2.26. The number of amides is 1. The van der Waals surface area contributed by atoms with Crippen molar-refractivity contribution in [2.24, 2.45) is 4.99 Å². The molecular weight excluding hydrogens is 473 g/mol. The first-order valence-electron chi connectivity index (χ1n) is 9.03.